The lowest BCUT2D eigenvalue weighted by molar-refractivity contribution is 0.872. The molecule has 78 valence electrons. The Morgan fingerprint density at radius 1 is 1.19 bits per heavy atom. The molecule has 1 N–H and O–H groups in total. The highest BCUT2D eigenvalue weighted by atomic mass is 127. The van der Waals surface area contributed by atoms with E-state index in [4.69, 9.17) is 0 Å². The highest BCUT2D eigenvalue weighted by molar-refractivity contribution is 14.1. The molecule has 0 aliphatic heterocycles. The van der Waals surface area contributed by atoms with Gasteiger partial charge in [-0.2, -0.15) is 0 Å². The van der Waals surface area contributed by atoms with Gasteiger partial charge in [0.15, 0.2) is 0 Å². The maximum absolute atomic E-state index is 11.6. The second-order valence-corrected chi connectivity index (χ2v) is 4.53. The third-order valence-electron chi connectivity index (χ3n) is 2.51. The zero-order valence-corrected chi connectivity index (χ0v) is 10.2. The van der Waals surface area contributed by atoms with Crippen LogP contribution in [0, 0.1) is 3.57 Å². The van der Waals surface area contributed by atoms with Crippen LogP contribution in [0.5, 0.6) is 0 Å². The number of aromatic amines is 1. The number of nitrogens with zero attached hydrogens (tertiary/aromatic N) is 2. The van der Waals surface area contributed by atoms with Crippen LogP contribution in [0.2, 0.25) is 0 Å². The fourth-order valence-corrected chi connectivity index (χ4v) is 2.63. The van der Waals surface area contributed by atoms with Gasteiger partial charge in [0, 0.05) is 3.57 Å². The van der Waals surface area contributed by atoms with Gasteiger partial charge in [-0.25, -0.2) is 5.10 Å². The minimum Gasteiger partial charge on any atom is -0.267 e. The first-order chi connectivity index (χ1) is 7.77. The van der Waals surface area contributed by atoms with Crippen LogP contribution in [0.25, 0.3) is 21.7 Å². The number of aromatic nitrogens is 3. The third kappa shape index (κ3) is 1.31. The lowest BCUT2D eigenvalue weighted by Gasteiger charge is -2.03. The van der Waals surface area contributed by atoms with Gasteiger partial charge < -0.3 is 0 Å². The first-order valence-corrected chi connectivity index (χ1v) is 5.77. The van der Waals surface area contributed by atoms with Crippen molar-refractivity contribution in [3.63, 3.8) is 0 Å². The number of hydrogen-bond donors (Lipinski definition) is 1. The van der Waals surface area contributed by atoms with E-state index in [-0.39, 0.29) is 5.56 Å². The van der Waals surface area contributed by atoms with E-state index in [2.05, 4.69) is 38.0 Å². The molecule has 1 heterocycles. The van der Waals surface area contributed by atoms with Crippen molar-refractivity contribution in [1.82, 2.24) is 15.4 Å². The predicted molar refractivity (Wildman–Crippen MR) is 70.4 cm³/mol. The first-order valence-electron chi connectivity index (χ1n) is 4.70. The third-order valence-corrected chi connectivity index (χ3v) is 3.60. The topological polar surface area (TPSA) is 58.6 Å². The summed E-state index contributed by atoms with van der Waals surface area (Å²) in [5.41, 5.74) is 0.455. The summed E-state index contributed by atoms with van der Waals surface area (Å²) in [7, 11) is 0. The number of rotatable bonds is 0. The van der Waals surface area contributed by atoms with Crippen molar-refractivity contribution in [1.29, 1.82) is 0 Å². The summed E-state index contributed by atoms with van der Waals surface area (Å²) in [5, 5.41) is 12.6. The van der Waals surface area contributed by atoms with Crippen molar-refractivity contribution >= 4 is 44.3 Å². The molecule has 0 aliphatic rings. The van der Waals surface area contributed by atoms with Gasteiger partial charge in [-0.05, 0) is 39.4 Å². The predicted octanol–water partition coefficient (Wildman–Crippen LogP) is 2.08. The smallest absolute Gasteiger partial charge is 0.267 e. The van der Waals surface area contributed by atoms with Crippen molar-refractivity contribution in [3.05, 3.63) is 44.3 Å². The van der Waals surface area contributed by atoms with Gasteiger partial charge in [-0.3, -0.25) is 4.79 Å². The molecule has 0 spiro atoms. The molecule has 0 saturated heterocycles. The minimum atomic E-state index is -0.200. The molecule has 5 heteroatoms. The number of fused-ring (bicyclic) bond motifs is 2. The monoisotopic (exact) mass is 323 g/mol. The highest BCUT2D eigenvalue weighted by Gasteiger charge is 2.08. The summed E-state index contributed by atoms with van der Waals surface area (Å²) in [6, 6.07) is 9.76. The Morgan fingerprint density at radius 2 is 2.00 bits per heavy atom. The van der Waals surface area contributed by atoms with Crippen LogP contribution in [0.15, 0.2) is 35.1 Å². The van der Waals surface area contributed by atoms with Crippen molar-refractivity contribution in [2.45, 2.75) is 0 Å². The molecular formula is C11H6IN3O. The van der Waals surface area contributed by atoms with E-state index in [1.807, 2.05) is 30.3 Å². The Labute approximate surface area is 104 Å². The number of hydrogen-bond acceptors (Lipinski definition) is 3. The molecule has 0 atom stereocenters. The van der Waals surface area contributed by atoms with Crippen LogP contribution in [-0.4, -0.2) is 15.4 Å². The molecule has 0 amide bonds. The molecule has 4 nitrogen and oxygen atoms in total. The number of nitrogens with one attached hydrogen (secondary N) is 1. The Balaban J connectivity index is 2.66. The van der Waals surface area contributed by atoms with E-state index in [9.17, 15) is 4.79 Å². The maximum Gasteiger partial charge on any atom is 0.275 e. The van der Waals surface area contributed by atoms with Gasteiger partial charge in [-0.15, -0.1) is 5.10 Å². The van der Waals surface area contributed by atoms with E-state index in [0.29, 0.717) is 10.9 Å². The summed E-state index contributed by atoms with van der Waals surface area (Å²) in [6.07, 6.45) is 0. The molecule has 3 rings (SSSR count). The van der Waals surface area contributed by atoms with Crippen LogP contribution >= 0.6 is 22.6 Å². The average molecular weight is 323 g/mol. The molecule has 16 heavy (non-hydrogen) atoms. The van der Waals surface area contributed by atoms with Gasteiger partial charge in [0.05, 0.1) is 5.39 Å². The summed E-state index contributed by atoms with van der Waals surface area (Å²) >= 11 is 2.20. The van der Waals surface area contributed by atoms with Crippen LogP contribution in [0.3, 0.4) is 0 Å². The molecule has 0 aliphatic carbocycles. The SMILES string of the molecule is O=c1[nH]nnc2c(I)c3ccccc3cc12. The van der Waals surface area contributed by atoms with Gasteiger partial charge >= 0.3 is 0 Å². The molecule has 1 aromatic heterocycles. The molecule has 0 bridgehead atoms. The summed E-state index contributed by atoms with van der Waals surface area (Å²) in [5.74, 6) is 0. The van der Waals surface area contributed by atoms with E-state index in [0.717, 1.165) is 14.3 Å². The lowest BCUT2D eigenvalue weighted by atomic mass is 10.1. The number of halogens is 1. The number of benzene rings is 2. The van der Waals surface area contributed by atoms with Crippen molar-refractivity contribution < 1.29 is 0 Å². The first kappa shape index (κ1) is 9.71. The Kier molecular flexibility index (Phi) is 2.13. The zero-order valence-electron chi connectivity index (χ0n) is 8.07. The Morgan fingerprint density at radius 3 is 2.88 bits per heavy atom. The molecule has 2 aromatic carbocycles. The fourth-order valence-electron chi connectivity index (χ4n) is 1.74. The van der Waals surface area contributed by atoms with Crippen LogP contribution in [-0.2, 0) is 0 Å². The zero-order chi connectivity index (χ0) is 11.1. The quantitative estimate of drug-likeness (QED) is 0.509. The standard InChI is InChI=1S/C11H6IN3O/c12-9-7-4-2-1-3-6(7)5-8-10(9)13-15-14-11(8)16/h1-5H,(H,13,14,16). The summed E-state index contributed by atoms with van der Waals surface area (Å²) < 4.78 is 0.962. The number of H-pyrrole nitrogens is 1. The van der Waals surface area contributed by atoms with Crippen LogP contribution in [0.1, 0.15) is 0 Å². The second kappa shape index (κ2) is 3.51. The van der Waals surface area contributed by atoms with E-state index in [1.165, 1.54) is 0 Å². The van der Waals surface area contributed by atoms with Crippen molar-refractivity contribution in [2.24, 2.45) is 0 Å². The minimum absolute atomic E-state index is 0.200. The van der Waals surface area contributed by atoms with Gasteiger partial charge in [0.1, 0.15) is 5.52 Å². The lowest BCUT2D eigenvalue weighted by Crippen LogP contribution is -2.10. The highest BCUT2D eigenvalue weighted by Crippen LogP contribution is 2.25. The van der Waals surface area contributed by atoms with Crippen LogP contribution in [0.4, 0.5) is 0 Å². The average Bonchev–Trinajstić information content (AvgIpc) is 2.31. The molecule has 0 radical (unpaired) electrons. The molecule has 0 fully saturated rings. The Hall–Kier alpha value is -1.50. The fraction of sp³-hybridized carbons (Fsp3) is 0. The molecule has 3 aromatic rings. The molecular weight excluding hydrogens is 317 g/mol. The molecule has 0 saturated carbocycles. The Bertz CT molecular complexity index is 751. The van der Waals surface area contributed by atoms with E-state index >= 15 is 0 Å². The van der Waals surface area contributed by atoms with Gasteiger partial charge in [-0.1, -0.05) is 29.5 Å². The second-order valence-electron chi connectivity index (χ2n) is 3.45. The molecule has 0 unspecified atom stereocenters. The van der Waals surface area contributed by atoms with Gasteiger partial charge in [0.25, 0.3) is 5.56 Å². The normalized spacial score (nSPS) is 11.1. The van der Waals surface area contributed by atoms with Gasteiger partial charge in [0.2, 0.25) is 0 Å². The van der Waals surface area contributed by atoms with E-state index < -0.39 is 0 Å². The van der Waals surface area contributed by atoms with Crippen LogP contribution < -0.4 is 5.56 Å². The van der Waals surface area contributed by atoms with Crippen molar-refractivity contribution in [2.75, 3.05) is 0 Å². The maximum atomic E-state index is 11.6. The summed E-state index contributed by atoms with van der Waals surface area (Å²) in [4.78, 5) is 11.6. The van der Waals surface area contributed by atoms with E-state index in [1.54, 1.807) is 0 Å². The largest absolute Gasteiger partial charge is 0.275 e. The van der Waals surface area contributed by atoms with Crippen molar-refractivity contribution in [3.8, 4) is 0 Å². The summed E-state index contributed by atoms with van der Waals surface area (Å²) in [6.45, 7) is 0.